The van der Waals surface area contributed by atoms with Crippen molar-refractivity contribution in [2.75, 3.05) is 40.4 Å². The molecule has 3 N–H and O–H groups in total. The maximum atomic E-state index is 12.1. The van der Waals surface area contributed by atoms with Gasteiger partial charge in [-0.25, -0.2) is 13.1 Å². The summed E-state index contributed by atoms with van der Waals surface area (Å²) in [6.07, 6.45) is 4.69. The molecule has 1 aromatic heterocycles. The van der Waals surface area contributed by atoms with Gasteiger partial charge in [-0.3, -0.25) is 4.99 Å². The number of halogens is 1. The smallest absolute Gasteiger partial charge is 0.250 e. The molecule has 0 radical (unpaired) electrons. The van der Waals surface area contributed by atoms with Crippen LogP contribution in [-0.4, -0.2) is 54.8 Å². The van der Waals surface area contributed by atoms with Gasteiger partial charge in [0, 0.05) is 40.4 Å². The van der Waals surface area contributed by atoms with E-state index in [9.17, 15) is 8.42 Å². The van der Waals surface area contributed by atoms with Crippen LogP contribution in [0.25, 0.3) is 0 Å². The van der Waals surface area contributed by atoms with Crippen LogP contribution >= 0.6 is 22.9 Å². The SMILES string of the molecule is CN=C(NCCNS(=O)(=O)c1ccc(Cl)s1)NCC1(CCOC)CCC1. The van der Waals surface area contributed by atoms with E-state index >= 15 is 0 Å². The van der Waals surface area contributed by atoms with Crippen molar-refractivity contribution in [2.24, 2.45) is 10.4 Å². The molecule has 1 aliphatic carbocycles. The van der Waals surface area contributed by atoms with Gasteiger partial charge in [-0.1, -0.05) is 18.0 Å². The molecule has 1 saturated carbocycles. The van der Waals surface area contributed by atoms with E-state index in [1.165, 1.54) is 25.3 Å². The van der Waals surface area contributed by atoms with E-state index in [4.69, 9.17) is 16.3 Å². The van der Waals surface area contributed by atoms with Gasteiger partial charge in [-0.2, -0.15) is 0 Å². The van der Waals surface area contributed by atoms with Crippen molar-refractivity contribution in [2.45, 2.75) is 29.9 Å². The third kappa shape index (κ3) is 6.09. The maximum Gasteiger partial charge on any atom is 0.250 e. The standard InChI is InChI=1S/C16H27ClN4O3S2/c1-18-15(20-12-16(6-3-7-16)8-11-24-2)19-9-10-21-26(22,23)14-5-4-13(17)25-14/h4-5,21H,3,6-12H2,1-2H3,(H2,18,19,20). The van der Waals surface area contributed by atoms with Crippen LogP contribution in [0.4, 0.5) is 0 Å². The predicted molar refractivity (Wildman–Crippen MR) is 107 cm³/mol. The van der Waals surface area contributed by atoms with Gasteiger partial charge in [0.15, 0.2) is 5.96 Å². The van der Waals surface area contributed by atoms with Crippen molar-refractivity contribution in [3.63, 3.8) is 0 Å². The number of hydrogen-bond acceptors (Lipinski definition) is 5. The Labute approximate surface area is 164 Å². The molecule has 1 aromatic rings. The molecule has 0 atom stereocenters. The number of ether oxygens (including phenoxy) is 1. The fourth-order valence-corrected chi connectivity index (χ4v) is 5.44. The quantitative estimate of drug-likeness (QED) is 0.305. The largest absolute Gasteiger partial charge is 0.385 e. The highest BCUT2D eigenvalue weighted by atomic mass is 35.5. The number of sulfonamides is 1. The van der Waals surface area contributed by atoms with Gasteiger partial charge in [-0.05, 0) is 36.8 Å². The summed E-state index contributed by atoms with van der Waals surface area (Å²) >= 11 is 6.83. The fourth-order valence-electron chi connectivity index (χ4n) is 2.88. The van der Waals surface area contributed by atoms with E-state index in [-0.39, 0.29) is 16.2 Å². The van der Waals surface area contributed by atoms with Crippen molar-refractivity contribution >= 4 is 38.9 Å². The Bertz CT molecular complexity index is 702. The van der Waals surface area contributed by atoms with Gasteiger partial charge in [0.2, 0.25) is 10.0 Å². The van der Waals surface area contributed by atoms with Gasteiger partial charge < -0.3 is 15.4 Å². The van der Waals surface area contributed by atoms with Gasteiger partial charge in [0.05, 0.1) is 4.34 Å². The third-order valence-electron chi connectivity index (χ3n) is 4.63. The van der Waals surface area contributed by atoms with Crippen LogP contribution in [0.1, 0.15) is 25.7 Å². The average molecular weight is 423 g/mol. The number of methoxy groups -OCH3 is 1. The molecule has 26 heavy (non-hydrogen) atoms. The van der Waals surface area contributed by atoms with Crippen LogP contribution in [-0.2, 0) is 14.8 Å². The van der Waals surface area contributed by atoms with Crippen LogP contribution in [0.15, 0.2) is 21.3 Å². The highest BCUT2D eigenvalue weighted by Gasteiger charge is 2.36. The van der Waals surface area contributed by atoms with Gasteiger partial charge in [0.25, 0.3) is 0 Å². The molecular formula is C16H27ClN4O3S2. The number of nitrogens with one attached hydrogen (secondary N) is 3. The Morgan fingerprint density at radius 1 is 1.35 bits per heavy atom. The molecule has 1 aliphatic rings. The lowest BCUT2D eigenvalue weighted by Crippen LogP contribution is -2.48. The topological polar surface area (TPSA) is 91.8 Å². The van der Waals surface area contributed by atoms with Crippen LogP contribution in [0.3, 0.4) is 0 Å². The van der Waals surface area contributed by atoms with Crippen molar-refractivity contribution < 1.29 is 13.2 Å². The van der Waals surface area contributed by atoms with E-state index in [0.717, 1.165) is 30.9 Å². The number of hydrogen-bond donors (Lipinski definition) is 3. The van der Waals surface area contributed by atoms with Gasteiger partial charge in [0.1, 0.15) is 4.21 Å². The van der Waals surface area contributed by atoms with Crippen LogP contribution in [0, 0.1) is 5.41 Å². The summed E-state index contributed by atoms with van der Waals surface area (Å²) < 4.78 is 32.7. The molecule has 1 fully saturated rings. The molecule has 10 heteroatoms. The predicted octanol–water partition coefficient (Wildman–Crippen LogP) is 2.05. The molecular weight excluding hydrogens is 396 g/mol. The maximum absolute atomic E-state index is 12.1. The molecule has 148 valence electrons. The van der Waals surface area contributed by atoms with Crippen molar-refractivity contribution in [1.29, 1.82) is 0 Å². The van der Waals surface area contributed by atoms with Crippen molar-refractivity contribution in [3.05, 3.63) is 16.5 Å². The molecule has 7 nitrogen and oxygen atoms in total. The van der Waals surface area contributed by atoms with E-state index in [1.54, 1.807) is 20.2 Å². The lowest BCUT2D eigenvalue weighted by Gasteiger charge is -2.42. The van der Waals surface area contributed by atoms with E-state index in [0.29, 0.717) is 16.8 Å². The van der Waals surface area contributed by atoms with E-state index < -0.39 is 10.0 Å². The first-order valence-electron chi connectivity index (χ1n) is 8.59. The minimum Gasteiger partial charge on any atom is -0.385 e. The zero-order valence-corrected chi connectivity index (χ0v) is 17.6. The molecule has 0 saturated heterocycles. The molecule has 0 amide bonds. The molecule has 1 heterocycles. The normalized spacial score (nSPS) is 17.0. The van der Waals surface area contributed by atoms with Crippen LogP contribution < -0.4 is 15.4 Å². The van der Waals surface area contributed by atoms with Crippen molar-refractivity contribution in [1.82, 2.24) is 15.4 Å². The minimum atomic E-state index is -3.51. The lowest BCUT2D eigenvalue weighted by atomic mass is 9.67. The number of guanidine groups is 1. The Hall–Kier alpha value is -0.870. The van der Waals surface area contributed by atoms with Gasteiger partial charge >= 0.3 is 0 Å². The van der Waals surface area contributed by atoms with Crippen molar-refractivity contribution in [3.8, 4) is 0 Å². The minimum absolute atomic E-state index is 0.218. The average Bonchev–Trinajstić information content (AvgIpc) is 3.02. The third-order valence-corrected chi connectivity index (χ3v) is 7.81. The second-order valence-corrected chi connectivity index (χ2v) is 10.1. The Balaban J connectivity index is 1.72. The van der Waals surface area contributed by atoms with Gasteiger partial charge in [-0.15, -0.1) is 11.3 Å². The zero-order valence-electron chi connectivity index (χ0n) is 15.2. The number of thiophene rings is 1. The van der Waals surface area contributed by atoms with E-state index in [2.05, 4.69) is 20.3 Å². The van der Waals surface area contributed by atoms with Crippen LogP contribution in [0.2, 0.25) is 4.34 Å². The fraction of sp³-hybridized carbons (Fsp3) is 0.688. The monoisotopic (exact) mass is 422 g/mol. The second-order valence-electron chi connectivity index (χ2n) is 6.41. The zero-order chi connectivity index (χ0) is 19.0. The molecule has 0 bridgehead atoms. The Morgan fingerprint density at radius 3 is 2.65 bits per heavy atom. The summed E-state index contributed by atoms with van der Waals surface area (Å²) in [6, 6.07) is 3.08. The van der Waals surface area contributed by atoms with Crippen LogP contribution in [0.5, 0.6) is 0 Å². The second kappa shape index (κ2) is 9.89. The summed E-state index contributed by atoms with van der Waals surface area (Å²) in [4.78, 5) is 4.20. The first-order chi connectivity index (χ1) is 12.4. The molecule has 0 spiro atoms. The Kier molecular flexibility index (Phi) is 8.15. The molecule has 2 rings (SSSR count). The lowest BCUT2D eigenvalue weighted by molar-refractivity contribution is 0.0732. The number of rotatable bonds is 10. The number of nitrogens with zero attached hydrogens (tertiary/aromatic N) is 1. The summed E-state index contributed by atoms with van der Waals surface area (Å²) in [7, 11) is -0.0831. The molecule has 0 aromatic carbocycles. The summed E-state index contributed by atoms with van der Waals surface area (Å²) in [5.74, 6) is 0.673. The first kappa shape index (κ1) is 21.4. The summed E-state index contributed by atoms with van der Waals surface area (Å²) in [6.45, 7) is 2.30. The summed E-state index contributed by atoms with van der Waals surface area (Å²) in [5, 5.41) is 6.48. The summed E-state index contributed by atoms with van der Waals surface area (Å²) in [5.41, 5.74) is 0.285. The first-order valence-corrected chi connectivity index (χ1v) is 11.3. The van der Waals surface area contributed by atoms with E-state index in [1.807, 2.05) is 0 Å². The molecule has 0 aliphatic heterocycles. The number of aliphatic imine (C=N–C) groups is 1. The Morgan fingerprint density at radius 2 is 2.12 bits per heavy atom. The highest BCUT2D eigenvalue weighted by molar-refractivity contribution is 7.91. The highest BCUT2D eigenvalue weighted by Crippen LogP contribution is 2.43. The molecule has 0 unspecified atom stereocenters.